The predicted octanol–water partition coefficient (Wildman–Crippen LogP) is 2.98. The number of nitrogens with one attached hydrogen (secondary N) is 1. The maximum absolute atomic E-state index is 13.0. The van der Waals surface area contributed by atoms with Gasteiger partial charge in [-0.2, -0.15) is 4.39 Å². The molecule has 1 N–H and O–H groups in total. The molecule has 0 saturated carbocycles. The minimum atomic E-state index is -0.444. The zero-order valence-electron chi connectivity index (χ0n) is 10.4. The first-order chi connectivity index (χ1) is 8.11. The van der Waals surface area contributed by atoms with Crippen molar-refractivity contribution in [3.8, 4) is 0 Å². The van der Waals surface area contributed by atoms with Crippen molar-refractivity contribution in [2.45, 2.75) is 44.8 Å². The predicted molar refractivity (Wildman–Crippen MR) is 65.5 cm³/mol. The molecular formula is C13H19FN2O. The third kappa shape index (κ3) is 3.16. The molecule has 1 aliphatic rings. The number of rotatable bonds is 3. The lowest BCUT2D eigenvalue weighted by atomic mass is 9.90. The first-order valence-electron chi connectivity index (χ1n) is 6.14. The molecule has 0 radical (unpaired) electrons. The molecule has 1 aliphatic heterocycles. The van der Waals surface area contributed by atoms with Gasteiger partial charge >= 0.3 is 0 Å². The number of hydrogen-bond donors (Lipinski definition) is 1. The minimum absolute atomic E-state index is 0.0662. The number of pyridine rings is 1. The Labute approximate surface area is 101 Å². The molecule has 2 atom stereocenters. The van der Waals surface area contributed by atoms with Crippen molar-refractivity contribution in [3.63, 3.8) is 0 Å². The number of nitrogens with zero attached hydrogens (tertiary/aromatic N) is 1. The summed E-state index contributed by atoms with van der Waals surface area (Å²) in [6.07, 6.45) is 2.86. The van der Waals surface area contributed by atoms with E-state index in [9.17, 15) is 4.39 Å². The van der Waals surface area contributed by atoms with Crippen molar-refractivity contribution in [3.05, 3.63) is 24.1 Å². The minimum Gasteiger partial charge on any atom is -0.375 e. The van der Waals surface area contributed by atoms with Crippen molar-refractivity contribution in [2.75, 3.05) is 11.9 Å². The highest BCUT2D eigenvalue weighted by Crippen LogP contribution is 2.29. The summed E-state index contributed by atoms with van der Waals surface area (Å²) >= 11 is 0. The highest BCUT2D eigenvalue weighted by molar-refractivity contribution is 5.35. The molecule has 1 saturated heterocycles. The zero-order valence-corrected chi connectivity index (χ0v) is 10.4. The fraction of sp³-hybridized carbons (Fsp3) is 0.615. The van der Waals surface area contributed by atoms with Crippen LogP contribution in [-0.4, -0.2) is 23.2 Å². The number of halogens is 1. The summed E-state index contributed by atoms with van der Waals surface area (Å²) in [5, 5.41) is 3.28. The molecule has 1 aromatic rings. The Morgan fingerprint density at radius 2 is 2.41 bits per heavy atom. The molecule has 1 aromatic heterocycles. The summed E-state index contributed by atoms with van der Waals surface area (Å²) in [5.41, 5.74) is -0.0662. The molecule has 0 aromatic carbocycles. The average molecular weight is 238 g/mol. The van der Waals surface area contributed by atoms with Gasteiger partial charge in [-0.3, -0.25) is 0 Å². The van der Waals surface area contributed by atoms with E-state index in [4.69, 9.17) is 4.74 Å². The van der Waals surface area contributed by atoms with Crippen LogP contribution in [0.4, 0.5) is 10.2 Å². The summed E-state index contributed by atoms with van der Waals surface area (Å²) in [4.78, 5) is 3.82. The molecule has 0 aliphatic carbocycles. The van der Waals surface area contributed by atoms with E-state index in [1.165, 1.54) is 6.07 Å². The van der Waals surface area contributed by atoms with Crippen LogP contribution in [0.15, 0.2) is 18.2 Å². The smallest absolute Gasteiger partial charge is 0.214 e. The molecule has 2 heterocycles. The van der Waals surface area contributed by atoms with Gasteiger partial charge in [0.1, 0.15) is 5.82 Å². The van der Waals surface area contributed by atoms with Crippen LogP contribution < -0.4 is 5.32 Å². The zero-order chi connectivity index (χ0) is 12.3. The number of anilines is 1. The molecule has 0 amide bonds. The molecule has 1 fully saturated rings. The molecule has 17 heavy (non-hydrogen) atoms. The molecule has 2 rings (SSSR count). The van der Waals surface area contributed by atoms with Gasteiger partial charge in [0.25, 0.3) is 0 Å². The van der Waals surface area contributed by atoms with Crippen LogP contribution >= 0.6 is 0 Å². The van der Waals surface area contributed by atoms with Crippen molar-refractivity contribution >= 4 is 5.82 Å². The van der Waals surface area contributed by atoms with E-state index in [-0.39, 0.29) is 5.60 Å². The van der Waals surface area contributed by atoms with E-state index >= 15 is 0 Å². The Bertz CT molecular complexity index is 385. The van der Waals surface area contributed by atoms with E-state index in [2.05, 4.69) is 24.1 Å². The van der Waals surface area contributed by atoms with E-state index in [1.807, 2.05) is 0 Å². The average Bonchev–Trinajstić information content (AvgIpc) is 2.29. The summed E-state index contributed by atoms with van der Waals surface area (Å²) < 4.78 is 18.7. The van der Waals surface area contributed by atoms with E-state index in [0.717, 1.165) is 25.9 Å². The molecular weight excluding hydrogens is 219 g/mol. The lowest BCUT2D eigenvalue weighted by molar-refractivity contribution is -0.0709. The van der Waals surface area contributed by atoms with Crippen LogP contribution in [0.25, 0.3) is 0 Å². The second-order valence-electron chi connectivity index (χ2n) is 4.83. The van der Waals surface area contributed by atoms with Gasteiger partial charge in [-0.15, -0.1) is 0 Å². The van der Waals surface area contributed by atoms with Gasteiger partial charge in [-0.1, -0.05) is 13.0 Å². The fourth-order valence-electron chi connectivity index (χ4n) is 2.20. The monoisotopic (exact) mass is 238 g/mol. The Kier molecular flexibility index (Phi) is 3.62. The second kappa shape index (κ2) is 5.00. The Morgan fingerprint density at radius 3 is 3.12 bits per heavy atom. The Hall–Kier alpha value is -1.16. The molecule has 2 unspecified atom stereocenters. The van der Waals surface area contributed by atoms with Crippen molar-refractivity contribution in [1.82, 2.24) is 4.98 Å². The van der Waals surface area contributed by atoms with Crippen molar-refractivity contribution < 1.29 is 9.13 Å². The summed E-state index contributed by atoms with van der Waals surface area (Å²) in [6, 6.07) is 5.12. The maximum Gasteiger partial charge on any atom is 0.214 e. The first kappa shape index (κ1) is 12.3. The van der Waals surface area contributed by atoms with Crippen LogP contribution in [-0.2, 0) is 4.74 Å². The highest BCUT2D eigenvalue weighted by Gasteiger charge is 2.31. The van der Waals surface area contributed by atoms with Crippen LogP contribution in [0.1, 0.15) is 33.1 Å². The topological polar surface area (TPSA) is 34.2 Å². The van der Waals surface area contributed by atoms with Crippen LogP contribution in [0, 0.1) is 5.95 Å². The van der Waals surface area contributed by atoms with Gasteiger partial charge in [-0.05, 0) is 38.3 Å². The number of hydrogen-bond acceptors (Lipinski definition) is 3. The van der Waals surface area contributed by atoms with E-state index in [0.29, 0.717) is 11.9 Å². The standard InChI is InChI=1S/C13H19FN2O/c1-3-13(2)9-10(7-8-17-13)15-12-6-4-5-11(14)16-12/h4-6,10H,3,7-9H2,1-2H3,(H,15,16). The lowest BCUT2D eigenvalue weighted by Gasteiger charge is -2.38. The SMILES string of the molecule is CCC1(C)CC(Nc2cccc(F)n2)CCO1. The summed E-state index contributed by atoms with van der Waals surface area (Å²) in [6.45, 7) is 5.00. The number of ether oxygens (including phenoxy) is 1. The van der Waals surface area contributed by atoms with Crippen LogP contribution in [0.5, 0.6) is 0 Å². The third-order valence-electron chi connectivity index (χ3n) is 3.41. The lowest BCUT2D eigenvalue weighted by Crippen LogP contribution is -2.42. The van der Waals surface area contributed by atoms with Gasteiger partial charge in [0.2, 0.25) is 5.95 Å². The van der Waals surface area contributed by atoms with Gasteiger partial charge in [-0.25, -0.2) is 4.98 Å². The van der Waals surface area contributed by atoms with E-state index in [1.54, 1.807) is 12.1 Å². The Balaban J connectivity index is 1.99. The summed E-state index contributed by atoms with van der Waals surface area (Å²) in [7, 11) is 0. The molecule has 4 heteroatoms. The van der Waals surface area contributed by atoms with Gasteiger partial charge in [0.15, 0.2) is 0 Å². The number of aromatic nitrogens is 1. The van der Waals surface area contributed by atoms with Crippen LogP contribution in [0.3, 0.4) is 0 Å². The third-order valence-corrected chi connectivity index (χ3v) is 3.41. The van der Waals surface area contributed by atoms with Gasteiger partial charge in [0, 0.05) is 12.6 Å². The second-order valence-corrected chi connectivity index (χ2v) is 4.83. The fourth-order valence-corrected chi connectivity index (χ4v) is 2.20. The van der Waals surface area contributed by atoms with Crippen molar-refractivity contribution in [1.29, 1.82) is 0 Å². The molecule has 0 bridgehead atoms. The molecule has 3 nitrogen and oxygen atoms in total. The van der Waals surface area contributed by atoms with Gasteiger partial charge in [0.05, 0.1) is 5.60 Å². The first-order valence-corrected chi connectivity index (χ1v) is 6.14. The quantitative estimate of drug-likeness (QED) is 0.822. The van der Waals surface area contributed by atoms with Gasteiger partial charge < -0.3 is 10.1 Å². The molecule has 0 spiro atoms. The normalized spacial score (nSPS) is 29.0. The molecule has 94 valence electrons. The maximum atomic E-state index is 13.0. The highest BCUT2D eigenvalue weighted by atomic mass is 19.1. The van der Waals surface area contributed by atoms with Crippen molar-refractivity contribution in [2.24, 2.45) is 0 Å². The largest absolute Gasteiger partial charge is 0.375 e. The van der Waals surface area contributed by atoms with Crippen LogP contribution in [0.2, 0.25) is 0 Å². The van der Waals surface area contributed by atoms with E-state index < -0.39 is 5.95 Å². The Morgan fingerprint density at radius 1 is 1.59 bits per heavy atom. The summed E-state index contributed by atoms with van der Waals surface area (Å²) in [5.74, 6) is 0.163.